The molecule has 13 N–H and O–H groups in total. The van der Waals surface area contributed by atoms with Crippen molar-refractivity contribution in [3.63, 3.8) is 0 Å². The molecule has 25 heteroatoms. The molecule has 0 spiro atoms. The largest absolute Gasteiger partial charge is 0.480 e. The normalized spacial score (nSPS) is 14.5. The van der Waals surface area contributed by atoms with E-state index in [0.717, 1.165) is 28.7 Å². The number of rotatable bonds is 35. The van der Waals surface area contributed by atoms with Crippen LogP contribution in [0.4, 0.5) is 13.6 Å². The number of aliphatic carboxylic acids is 1. The second-order valence-corrected chi connectivity index (χ2v) is 22.0. The molecule has 0 fully saturated rings. The van der Waals surface area contributed by atoms with Crippen LogP contribution in [0.5, 0.6) is 0 Å². The van der Waals surface area contributed by atoms with Gasteiger partial charge in [0, 0.05) is 80.7 Å². The average molecular weight is 1160 g/mol. The number of imide groups is 1. The molecule has 1 aliphatic heterocycles. The first kappa shape index (κ1) is 67.6. The third kappa shape index (κ3) is 21.4. The van der Waals surface area contributed by atoms with Gasteiger partial charge in [-0.1, -0.05) is 71.4 Å². The molecular weight excluding hydrogens is 1080 g/mol. The highest BCUT2D eigenvalue weighted by Gasteiger charge is 2.38. The van der Waals surface area contributed by atoms with Gasteiger partial charge in [-0.2, -0.15) is 0 Å². The van der Waals surface area contributed by atoms with Crippen LogP contribution in [-0.4, -0.2) is 147 Å². The molecule has 2 aromatic carbocycles. The second kappa shape index (κ2) is 32.7. The molecule has 1 aromatic heterocycles. The Morgan fingerprint density at radius 3 is 2.01 bits per heavy atom. The third-order valence-corrected chi connectivity index (χ3v) is 14.0. The number of aliphatic hydroxyl groups is 1. The maximum absolute atomic E-state index is 15.2. The molecule has 0 bridgehead atoms. The lowest BCUT2D eigenvalue weighted by Gasteiger charge is -2.41. The Hall–Kier alpha value is -7.90. The molecule has 1 aliphatic rings. The number of carboxylic acids is 1. The van der Waals surface area contributed by atoms with Gasteiger partial charge in [-0.05, 0) is 92.5 Å². The van der Waals surface area contributed by atoms with Gasteiger partial charge in [-0.25, -0.2) is 18.4 Å². The standard InChI is InChI=1S/C58H81F2N11O12/c1-35(2)51(68-47(74)19-10-7-11-28-70-48(75)22-23-49(70)76)55(80)66-43(18-13-26-65-57(63)83)54(79)67-44(56(81)82)17-12-16-41(61)46(73)24-27-64-53(78)42(62)25-29-71(50(77)34-72)52(58(3,4)5)45-30-37(39-31-38(59)20-21-40(39)60)33-69(45)32-36-14-8-6-9-15-36/h6,8-9,14-15,20-23,30-31,33,35,41-44,51-52,72H,7,10-13,16-19,24-29,32,34,61-62H2,1-5H3,(H,64,78)(H,66,80)(H,67,79)(H,68,74)(H,81,82)(H3,63,65,83)/t41?,42-,43-,44-,51-,52-/m0/s1. The predicted octanol–water partition coefficient (Wildman–Crippen LogP) is 2.81. The molecule has 0 saturated heterocycles. The highest BCUT2D eigenvalue weighted by atomic mass is 19.1. The number of benzene rings is 2. The Morgan fingerprint density at radius 2 is 1.39 bits per heavy atom. The van der Waals surface area contributed by atoms with E-state index < -0.39 is 125 Å². The lowest BCUT2D eigenvalue weighted by atomic mass is 9.82. The van der Waals surface area contributed by atoms with Crippen LogP contribution in [0.1, 0.15) is 123 Å². The van der Waals surface area contributed by atoms with Crippen LogP contribution < -0.4 is 43.8 Å². The highest BCUT2D eigenvalue weighted by molar-refractivity contribution is 6.12. The van der Waals surface area contributed by atoms with Crippen molar-refractivity contribution in [3.05, 3.63) is 95.8 Å². The summed E-state index contributed by atoms with van der Waals surface area (Å²) in [6.07, 6.45) is 5.07. The van der Waals surface area contributed by atoms with Crippen molar-refractivity contribution in [1.29, 1.82) is 0 Å². The lowest BCUT2D eigenvalue weighted by Crippen LogP contribution is -2.57. The summed E-state index contributed by atoms with van der Waals surface area (Å²) in [4.78, 5) is 130. The Balaban J connectivity index is 1.31. The molecular formula is C58H81F2N11O12. The van der Waals surface area contributed by atoms with Gasteiger partial charge < -0.3 is 63.5 Å². The van der Waals surface area contributed by atoms with Gasteiger partial charge in [0.2, 0.25) is 29.5 Å². The van der Waals surface area contributed by atoms with Crippen molar-refractivity contribution in [1.82, 2.24) is 41.0 Å². The number of carbonyl (C=O) groups excluding carboxylic acids is 9. The van der Waals surface area contributed by atoms with Crippen LogP contribution in [0.25, 0.3) is 11.1 Å². The van der Waals surface area contributed by atoms with E-state index in [0.29, 0.717) is 37.1 Å². The summed E-state index contributed by atoms with van der Waals surface area (Å²) in [6, 6.07) is 6.36. The minimum atomic E-state index is -1.49. The molecule has 83 heavy (non-hydrogen) atoms. The van der Waals surface area contributed by atoms with Crippen molar-refractivity contribution in [3.8, 4) is 11.1 Å². The number of aliphatic hydroxyl groups excluding tert-OH is 1. The number of primary amides is 1. The first-order chi connectivity index (χ1) is 39.2. The summed E-state index contributed by atoms with van der Waals surface area (Å²) in [5.41, 5.74) is 18.8. The number of urea groups is 1. The molecule has 9 amide bonds. The zero-order valence-electron chi connectivity index (χ0n) is 47.8. The van der Waals surface area contributed by atoms with Gasteiger partial charge in [0.1, 0.15) is 36.4 Å². The number of nitrogens with one attached hydrogen (secondary N) is 5. The van der Waals surface area contributed by atoms with E-state index in [4.69, 9.17) is 17.2 Å². The van der Waals surface area contributed by atoms with Gasteiger partial charge in [-0.3, -0.25) is 43.3 Å². The number of amides is 9. The van der Waals surface area contributed by atoms with Gasteiger partial charge >= 0.3 is 12.0 Å². The first-order valence-electron chi connectivity index (χ1n) is 27.8. The fourth-order valence-corrected chi connectivity index (χ4v) is 9.58. The molecule has 454 valence electrons. The van der Waals surface area contributed by atoms with Crippen LogP contribution in [0, 0.1) is 23.0 Å². The van der Waals surface area contributed by atoms with Crippen molar-refractivity contribution < 1.29 is 66.9 Å². The first-order valence-corrected chi connectivity index (χ1v) is 27.8. The van der Waals surface area contributed by atoms with E-state index in [1.807, 2.05) is 55.7 Å². The highest BCUT2D eigenvalue weighted by Crippen LogP contribution is 2.41. The molecule has 0 aliphatic carbocycles. The maximum Gasteiger partial charge on any atom is 0.326 e. The van der Waals surface area contributed by atoms with E-state index in [-0.39, 0.29) is 83.1 Å². The summed E-state index contributed by atoms with van der Waals surface area (Å²) < 4.78 is 31.5. The number of ketones is 1. The number of Topliss-reactive ketones (excluding diaryl/α,β-unsaturated/α-hetero) is 1. The van der Waals surface area contributed by atoms with Crippen molar-refractivity contribution in [2.75, 3.05) is 32.8 Å². The smallest absolute Gasteiger partial charge is 0.326 e. The van der Waals surface area contributed by atoms with Gasteiger partial charge in [0.15, 0.2) is 5.78 Å². The van der Waals surface area contributed by atoms with E-state index in [1.165, 1.54) is 17.1 Å². The number of hydrogen-bond donors (Lipinski definition) is 10. The number of halogens is 2. The van der Waals surface area contributed by atoms with Gasteiger partial charge in [0.25, 0.3) is 11.8 Å². The van der Waals surface area contributed by atoms with Gasteiger partial charge in [-0.15, -0.1) is 0 Å². The van der Waals surface area contributed by atoms with E-state index in [2.05, 4.69) is 26.6 Å². The van der Waals surface area contributed by atoms with Crippen LogP contribution >= 0.6 is 0 Å². The summed E-state index contributed by atoms with van der Waals surface area (Å²) in [7, 11) is 0. The molecule has 4 rings (SSSR count). The fraction of sp³-hybridized carbons (Fsp3) is 0.517. The van der Waals surface area contributed by atoms with Crippen LogP contribution in [0.3, 0.4) is 0 Å². The summed E-state index contributed by atoms with van der Waals surface area (Å²) in [5, 5.41) is 33.0. The number of carbonyl (C=O) groups is 10. The quantitative estimate of drug-likeness (QED) is 0.0299. The number of carboxylic acid groups (broad SMARTS) is 1. The van der Waals surface area contributed by atoms with Crippen LogP contribution in [-0.2, 0) is 49.7 Å². The number of aromatic nitrogens is 1. The second-order valence-electron chi connectivity index (χ2n) is 22.0. The fourth-order valence-electron chi connectivity index (χ4n) is 9.58. The number of hydrogen-bond acceptors (Lipinski definition) is 13. The molecule has 0 saturated carbocycles. The SMILES string of the molecule is CC(C)[C@H](NC(=O)CCCCCN1C(=O)C=CC1=O)C(=O)N[C@@H](CCCNC(N)=O)C(=O)N[C@@H](CCCC(N)C(=O)CCNC(=O)[C@@H](N)CCN(C(=O)CO)[C@@H](c1cc(-c2cc(F)ccc2F)cn1Cc1ccccc1)C(C)(C)C)C(=O)O. The van der Waals surface area contributed by atoms with Crippen LogP contribution in [0.15, 0.2) is 72.9 Å². The number of unbranched alkanes of at least 4 members (excludes halogenated alkanes) is 2. The molecule has 2 heterocycles. The third-order valence-electron chi connectivity index (χ3n) is 14.0. The van der Waals surface area contributed by atoms with Crippen molar-refractivity contribution in [2.24, 2.45) is 28.5 Å². The van der Waals surface area contributed by atoms with E-state index in [1.54, 1.807) is 26.1 Å². The summed E-state index contributed by atoms with van der Waals surface area (Å²) in [6.45, 7) is 8.33. The number of nitrogens with zero attached hydrogens (tertiary/aromatic N) is 3. The molecule has 6 atom stereocenters. The Morgan fingerprint density at radius 1 is 0.723 bits per heavy atom. The molecule has 1 unspecified atom stereocenters. The Bertz CT molecular complexity index is 2770. The van der Waals surface area contributed by atoms with E-state index >= 15 is 4.39 Å². The van der Waals surface area contributed by atoms with E-state index in [9.17, 15) is 62.5 Å². The summed E-state index contributed by atoms with van der Waals surface area (Å²) in [5.74, 6) is -7.81. The monoisotopic (exact) mass is 1160 g/mol. The van der Waals surface area contributed by atoms with Crippen molar-refractivity contribution >= 4 is 59.1 Å². The van der Waals surface area contributed by atoms with Crippen LogP contribution in [0.2, 0.25) is 0 Å². The Labute approximate surface area is 481 Å². The van der Waals surface area contributed by atoms with Gasteiger partial charge in [0.05, 0.1) is 18.1 Å². The predicted molar refractivity (Wildman–Crippen MR) is 303 cm³/mol. The zero-order chi connectivity index (χ0) is 61.6. The summed E-state index contributed by atoms with van der Waals surface area (Å²) >= 11 is 0. The lowest BCUT2D eigenvalue weighted by molar-refractivity contribution is -0.142. The minimum Gasteiger partial charge on any atom is -0.480 e. The maximum atomic E-state index is 15.2. The topological polar surface area (TPSA) is 361 Å². The average Bonchev–Trinajstić information content (AvgIpc) is 4.02. The molecule has 23 nitrogen and oxygen atoms in total. The van der Waals surface area contributed by atoms with Crippen molar-refractivity contribution in [2.45, 2.75) is 148 Å². The minimum absolute atomic E-state index is 0.00694. The molecule has 0 radical (unpaired) electrons. The zero-order valence-corrected chi connectivity index (χ0v) is 47.8. The molecule has 3 aromatic rings. The number of nitrogens with two attached hydrogens (primary N) is 3. The Kier molecular flexibility index (Phi) is 26.6.